The molecule has 0 spiro atoms. The normalized spacial score (nSPS) is 12.7. The average molecular weight is 375 g/mol. The maximum absolute atomic E-state index is 6.22. The summed E-state index contributed by atoms with van der Waals surface area (Å²) in [4.78, 5) is 1.15. The molecule has 0 fully saturated rings. The summed E-state index contributed by atoms with van der Waals surface area (Å²) in [5.41, 5.74) is 8.36. The summed E-state index contributed by atoms with van der Waals surface area (Å²) in [6, 6.07) is 7.92. The first-order valence-corrected chi connectivity index (χ1v) is 8.45. The molecule has 1 heterocycles. The highest BCUT2D eigenvalue weighted by atomic mass is 79.9. The van der Waals surface area contributed by atoms with Crippen molar-refractivity contribution in [3.05, 3.63) is 45.1 Å². The van der Waals surface area contributed by atoms with Gasteiger partial charge in [0.05, 0.1) is 15.9 Å². The molecule has 1 aromatic carbocycles. The van der Waals surface area contributed by atoms with Gasteiger partial charge in [-0.15, -0.1) is 11.8 Å². The summed E-state index contributed by atoms with van der Waals surface area (Å²) in [7, 11) is 1.95. The van der Waals surface area contributed by atoms with Gasteiger partial charge < -0.3 is 5.73 Å². The number of nitrogens with two attached hydrogens (primary N) is 1. The van der Waals surface area contributed by atoms with E-state index in [1.54, 1.807) is 11.8 Å². The second-order valence-electron chi connectivity index (χ2n) is 4.70. The molecule has 0 aliphatic carbocycles. The van der Waals surface area contributed by atoms with Crippen molar-refractivity contribution in [2.24, 2.45) is 12.8 Å². The van der Waals surface area contributed by atoms with Crippen LogP contribution in [-0.2, 0) is 13.5 Å². The number of hydrogen-bond acceptors (Lipinski definition) is 3. The second kappa shape index (κ2) is 6.98. The number of halogens is 2. The third kappa shape index (κ3) is 4.01. The Bertz CT molecular complexity index is 600. The molecule has 6 heteroatoms. The Morgan fingerprint density at radius 2 is 2.25 bits per heavy atom. The van der Waals surface area contributed by atoms with E-state index in [1.807, 2.05) is 42.9 Å². The molecule has 0 aliphatic rings. The Balaban J connectivity index is 1.94. The number of aromatic nitrogens is 2. The van der Waals surface area contributed by atoms with Gasteiger partial charge in [-0.1, -0.05) is 17.7 Å². The van der Waals surface area contributed by atoms with Gasteiger partial charge in [-0.25, -0.2) is 0 Å². The van der Waals surface area contributed by atoms with Gasteiger partial charge in [-0.3, -0.25) is 4.68 Å². The highest BCUT2D eigenvalue weighted by Gasteiger charge is 2.14. The zero-order valence-electron chi connectivity index (χ0n) is 11.4. The zero-order chi connectivity index (χ0) is 14.7. The van der Waals surface area contributed by atoms with Crippen molar-refractivity contribution in [2.75, 3.05) is 5.75 Å². The van der Waals surface area contributed by atoms with Crippen molar-refractivity contribution < 1.29 is 0 Å². The molecule has 2 aromatic rings. The van der Waals surface area contributed by atoms with Crippen molar-refractivity contribution in [2.45, 2.75) is 24.3 Å². The lowest BCUT2D eigenvalue weighted by atomic mass is 10.2. The average Bonchev–Trinajstić information content (AvgIpc) is 2.63. The van der Waals surface area contributed by atoms with Gasteiger partial charge in [0.15, 0.2) is 0 Å². The molecule has 0 saturated carbocycles. The summed E-state index contributed by atoms with van der Waals surface area (Å²) in [5, 5.41) is 5.14. The molecule has 0 radical (unpaired) electrons. The summed E-state index contributed by atoms with van der Waals surface area (Å²) in [6.45, 7) is 1.99. The minimum atomic E-state index is 0.0741. The monoisotopic (exact) mass is 373 g/mol. The Labute approximate surface area is 137 Å². The molecular weight excluding hydrogens is 358 g/mol. The predicted molar refractivity (Wildman–Crippen MR) is 89.5 cm³/mol. The largest absolute Gasteiger partial charge is 0.327 e. The molecule has 0 bridgehead atoms. The first-order valence-electron chi connectivity index (χ1n) is 6.29. The Morgan fingerprint density at radius 3 is 2.85 bits per heavy atom. The van der Waals surface area contributed by atoms with Crippen molar-refractivity contribution in [1.29, 1.82) is 0 Å². The Kier molecular flexibility index (Phi) is 5.55. The van der Waals surface area contributed by atoms with Crippen LogP contribution in [0.4, 0.5) is 0 Å². The number of benzene rings is 1. The van der Waals surface area contributed by atoms with Crippen LogP contribution in [0.5, 0.6) is 0 Å². The lowest BCUT2D eigenvalue weighted by molar-refractivity contribution is 0.651. The summed E-state index contributed by atoms with van der Waals surface area (Å²) < 4.78 is 2.95. The lowest BCUT2D eigenvalue weighted by Crippen LogP contribution is -2.26. The molecule has 0 amide bonds. The first-order chi connectivity index (χ1) is 9.47. The van der Waals surface area contributed by atoms with E-state index >= 15 is 0 Å². The standard InChI is InChI=1S/C14H17BrClN3S/c1-9-14(15)13(19(2)18-9)7-11(17)8-20-12-5-3-4-10(16)6-12/h3-6,11H,7-8,17H2,1-2H3. The van der Waals surface area contributed by atoms with E-state index in [0.29, 0.717) is 0 Å². The number of aryl methyl sites for hydroxylation is 2. The number of rotatable bonds is 5. The Hall–Kier alpha value is -0.490. The van der Waals surface area contributed by atoms with E-state index < -0.39 is 0 Å². The highest BCUT2D eigenvalue weighted by Crippen LogP contribution is 2.25. The molecule has 3 nitrogen and oxygen atoms in total. The van der Waals surface area contributed by atoms with Crippen LogP contribution in [-0.4, -0.2) is 21.6 Å². The van der Waals surface area contributed by atoms with Crippen LogP contribution in [0.15, 0.2) is 33.6 Å². The molecule has 0 saturated heterocycles. The molecule has 2 rings (SSSR count). The number of thioether (sulfide) groups is 1. The molecule has 1 aromatic heterocycles. The van der Waals surface area contributed by atoms with E-state index in [9.17, 15) is 0 Å². The number of hydrogen-bond donors (Lipinski definition) is 1. The van der Waals surface area contributed by atoms with Crippen LogP contribution >= 0.6 is 39.3 Å². The minimum Gasteiger partial charge on any atom is -0.327 e. The van der Waals surface area contributed by atoms with Gasteiger partial charge in [0, 0.05) is 35.2 Å². The molecule has 2 N–H and O–H groups in total. The highest BCUT2D eigenvalue weighted by molar-refractivity contribution is 9.10. The van der Waals surface area contributed by atoms with Crippen LogP contribution in [0.2, 0.25) is 5.02 Å². The Morgan fingerprint density at radius 1 is 1.50 bits per heavy atom. The quantitative estimate of drug-likeness (QED) is 0.809. The predicted octanol–water partition coefficient (Wildman–Crippen LogP) is 3.81. The van der Waals surface area contributed by atoms with Crippen LogP contribution in [0.25, 0.3) is 0 Å². The minimum absolute atomic E-state index is 0.0741. The second-order valence-corrected chi connectivity index (χ2v) is 7.03. The fourth-order valence-corrected chi connectivity index (χ4v) is 3.63. The molecule has 108 valence electrons. The third-order valence-electron chi connectivity index (χ3n) is 2.98. The van der Waals surface area contributed by atoms with Gasteiger partial charge in [0.25, 0.3) is 0 Å². The van der Waals surface area contributed by atoms with Gasteiger partial charge >= 0.3 is 0 Å². The third-order valence-corrected chi connectivity index (χ3v) is 5.43. The van der Waals surface area contributed by atoms with E-state index in [1.165, 1.54) is 0 Å². The zero-order valence-corrected chi connectivity index (χ0v) is 14.6. The maximum atomic E-state index is 6.22. The fourth-order valence-electron chi connectivity index (χ4n) is 1.97. The van der Waals surface area contributed by atoms with Crippen LogP contribution in [0, 0.1) is 6.92 Å². The molecule has 1 unspecified atom stereocenters. The van der Waals surface area contributed by atoms with Crippen LogP contribution < -0.4 is 5.73 Å². The fraction of sp³-hybridized carbons (Fsp3) is 0.357. The van der Waals surface area contributed by atoms with Crippen molar-refractivity contribution >= 4 is 39.3 Å². The van der Waals surface area contributed by atoms with Gasteiger partial charge in [-0.2, -0.15) is 5.10 Å². The van der Waals surface area contributed by atoms with Crippen LogP contribution in [0.1, 0.15) is 11.4 Å². The van der Waals surface area contributed by atoms with Gasteiger partial charge in [-0.05, 0) is 41.1 Å². The van der Waals surface area contributed by atoms with E-state index in [2.05, 4.69) is 21.0 Å². The lowest BCUT2D eigenvalue weighted by Gasteiger charge is -2.12. The van der Waals surface area contributed by atoms with Crippen molar-refractivity contribution in [3.8, 4) is 0 Å². The topological polar surface area (TPSA) is 43.8 Å². The van der Waals surface area contributed by atoms with E-state index in [4.69, 9.17) is 17.3 Å². The van der Waals surface area contributed by atoms with Crippen LogP contribution in [0.3, 0.4) is 0 Å². The summed E-state index contributed by atoms with van der Waals surface area (Å²) in [6.07, 6.45) is 0.797. The molecular formula is C14H17BrClN3S. The number of nitrogens with zero attached hydrogens (tertiary/aromatic N) is 2. The summed E-state index contributed by atoms with van der Waals surface area (Å²) in [5.74, 6) is 0.844. The van der Waals surface area contributed by atoms with Crippen molar-refractivity contribution in [1.82, 2.24) is 9.78 Å². The van der Waals surface area contributed by atoms with E-state index in [0.717, 1.165) is 38.0 Å². The molecule has 1 atom stereocenters. The van der Waals surface area contributed by atoms with Gasteiger partial charge in [0.1, 0.15) is 0 Å². The van der Waals surface area contributed by atoms with Gasteiger partial charge in [0.2, 0.25) is 0 Å². The van der Waals surface area contributed by atoms with E-state index in [-0.39, 0.29) is 6.04 Å². The van der Waals surface area contributed by atoms with Crippen molar-refractivity contribution in [3.63, 3.8) is 0 Å². The maximum Gasteiger partial charge on any atom is 0.0738 e. The molecule has 0 aliphatic heterocycles. The summed E-state index contributed by atoms with van der Waals surface area (Å²) >= 11 is 11.3. The SMILES string of the molecule is Cc1nn(C)c(CC(N)CSc2cccc(Cl)c2)c1Br. The first kappa shape index (κ1) is 15.9. The smallest absolute Gasteiger partial charge is 0.0738 e. The molecule has 20 heavy (non-hydrogen) atoms.